The molecule has 1 saturated carbocycles. The second-order valence-corrected chi connectivity index (χ2v) is 4.99. The Kier molecular flexibility index (Phi) is 3.68. The van der Waals surface area contributed by atoms with Crippen molar-refractivity contribution in [3.05, 3.63) is 11.6 Å². The van der Waals surface area contributed by atoms with Crippen molar-refractivity contribution in [2.24, 2.45) is 7.05 Å². The number of hydrogen-bond acceptors (Lipinski definition) is 4. The molecule has 0 amide bonds. The summed E-state index contributed by atoms with van der Waals surface area (Å²) in [5, 5.41) is 8.31. The van der Waals surface area contributed by atoms with Gasteiger partial charge in [0, 0.05) is 7.05 Å². The lowest BCUT2D eigenvalue weighted by Gasteiger charge is -2.33. The molecule has 0 saturated heterocycles. The van der Waals surface area contributed by atoms with Crippen LogP contribution in [0.1, 0.15) is 50.7 Å². The second-order valence-electron chi connectivity index (χ2n) is 4.99. The van der Waals surface area contributed by atoms with Gasteiger partial charge in [-0.05, 0) is 26.7 Å². The third-order valence-electron chi connectivity index (χ3n) is 3.89. The molecule has 1 aromatic rings. The topological polar surface area (TPSA) is 57.0 Å². The quantitative estimate of drug-likeness (QED) is 0.770. The molecule has 0 unspecified atom stereocenters. The largest absolute Gasteiger partial charge is 0.465 e. The van der Waals surface area contributed by atoms with Gasteiger partial charge in [0.2, 0.25) is 0 Å². The highest BCUT2D eigenvalue weighted by atomic mass is 16.5. The van der Waals surface area contributed by atoms with Gasteiger partial charge in [-0.1, -0.05) is 19.3 Å². The number of hydrogen-bond donors (Lipinski definition) is 0. The fourth-order valence-electron chi connectivity index (χ4n) is 2.77. The van der Waals surface area contributed by atoms with E-state index < -0.39 is 5.41 Å². The van der Waals surface area contributed by atoms with Crippen LogP contribution in [-0.2, 0) is 22.0 Å². The average molecular weight is 251 g/mol. The average Bonchev–Trinajstić information content (AvgIpc) is 2.71. The molecular formula is C13H21N3O2. The van der Waals surface area contributed by atoms with Gasteiger partial charge < -0.3 is 9.30 Å². The monoisotopic (exact) mass is 251 g/mol. The second kappa shape index (κ2) is 5.08. The summed E-state index contributed by atoms with van der Waals surface area (Å²) < 4.78 is 7.20. The Morgan fingerprint density at radius 2 is 2.00 bits per heavy atom. The number of rotatable bonds is 3. The summed E-state index contributed by atoms with van der Waals surface area (Å²) in [7, 11) is 1.92. The lowest BCUT2D eigenvalue weighted by molar-refractivity contribution is -0.152. The highest BCUT2D eigenvalue weighted by Gasteiger charge is 2.46. The number of carbonyl (C=O) groups is 1. The molecule has 1 heterocycles. The van der Waals surface area contributed by atoms with E-state index in [1.807, 2.05) is 25.5 Å². The number of nitrogens with zero attached hydrogens (tertiary/aromatic N) is 3. The Hall–Kier alpha value is -1.39. The molecule has 1 aliphatic rings. The van der Waals surface area contributed by atoms with E-state index in [9.17, 15) is 4.79 Å². The zero-order valence-electron chi connectivity index (χ0n) is 11.4. The zero-order chi connectivity index (χ0) is 13.2. The maximum absolute atomic E-state index is 12.4. The van der Waals surface area contributed by atoms with E-state index in [2.05, 4.69) is 10.2 Å². The van der Waals surface area contributed by atoms with Crippen LogP contribution < -0.4 is 0 Å². The summed E-state index contributed by atoms with van der Waals surface area (Å²) in [4.78, 5) is 12.4. The summed E-state index contributed by atoms with van der Waals surface area (Å²) in [6, 6.07) is 0. The van der Waals surface area contributed by atoms with Crippen LogP contribution in [-0.4, -0.2) is 27.3 Å². The highest BCUT2D eigenvalue weighted by molar-refractivity contribution is 5.82. The van der Waals surface area contributed by atoms with Crippen molar-refractivity contribution in [1.82, 2.24) is 14.8 Å². The minimum absolute atomic E-state index is 0.139. The Balaban J connectivity index is 2.41. The van der Waals surface area contributed by atoms with Gasteiger partial charge in [-0.2, -0.15) is 0 Å². The van der Waals surface area contributed by atoms with Gasteiger partial charge in [0.05, 0.1) is 6.61 Å². The number of esters is 1. The highest BCUT2D eigenvalue weighted by Crippen LogP contribution is 2.39. The summed E-state index contributed by atoms with van der Waals surface area (Å²) >= 11 is 0. The van der Waals surface area contributed by atoms with E-state index in [0.717, 1.165) is 37.3 Å². The molecule has 2 rings (SSSR count). The molecule has 0 spiro atoms. The molecule has 18 heavy (non-hydrogen) atoms. The number of ether oxygens (including phenoxy) is 1. The Labute approximate surface area is 108 Å². The Morgan fingerprint density at radius 3 is 2.50 bits per heavy atom. The van der Waals surface area contributed by atoms with E-state index in [-0.39, 0.29) is 5.97 Å². The lowest BCUT2D eigenvalue weighted by Crippen LogP contribution is -2.41. The predicted molar refractivity (Wildman–Crippen MR) is 67.1 cm³/mol. The van der Waals surface area contributed by atoms with Gasteiger partial charge in [0.25, 0.3) is 0 Å². The van der Waals surface area contributed by atoms with Crippen LogP contribution in [0.3, 0.4) is 0 Å². The van der Waals surface area contributed by atoms with Crippen LogP contribution in [0.15, 0.2) is 0 Å². The first kappa shape index (κ1) is 13.1. The molecule has 0 bridgehead atoms. The number of aromatic nitrogens is 3. The minimum Gasteiger partial charge on any atom is -0.465 e. The van der Waals surface area contributed by atoms with Crippen molar-refractivity contribution in [3.8, 4) is 0 Å². The summed E-state index contributed by atoms with van der Waals surface area (Å²) in [6.45, 7) is 4.16. The fraction of sp³-hybridized carbons (Fsp3) is 0.769. The van der Waals surface area contributed by atoms with Crippen molar-refractivity contribution < 1.29 is 9.53 Å². The van der Waals surface area contributed by atoms with Crippen molar-refractivity contribution in [2.75, 3.05) is 6.61 Å². The van der Waals surface area contributed by atoms with Crippen molar-refractivity contribution in [3.63, 3.8) is 0 Å². The smallest absolute Gasteiger partial charge is 0.319 e. The lowest BCUT2D eigenvalue weighted by atomic mass is 9.73. The van der Waals surface area contributed by atoms with Crippen LogP contribution in [0.4, 0.5) is 0 Å². The van der Waals surface area contributed by atoms with E-state index in [0.29, 0.717) is 6.61 Å². The molecule has 1 aliphatic carbocycles. The zero-order valence-corrected chi connectivity index (χ0v) is 11.4. The molecule has 0 atom stereocenters. The first-order valence-electron chi connectivity index (χ1n) is 6.65. The van der Waals surface area contributed by atoms with Crippen LogP contribution in [0, 0.1) is 6.92 Å². The van der Waals surface area contributed by atoms with E-state index in [4.69, 9.17) is 4.74 Å². The normalized spacial score (nSPS) is 18.6. The fourth-order valence-corrected chi connectivity index (χ4v) is 2.77. The molecular weight excluding hydrogens is 230 g/mol. The maximum atomic E-state index is 12.4. The summed E-state index contributed by atoms with van der Waals surface area (Å²) in [5.74, 6) is 1.46. The summed E-state index contributed by atoms with van der Waals surface area (Å²) in [6.07, 6.45) is 4.91. The van der Waals surface area contributed by atoms with Gasteiger partial charge in [0.1, 0.15) is 17.1 Å². The summed E-state index contributed by atoms with van der Waals surface area (Å²) in [5.41, 5.74) is -0.579. The minimum atomic E-state index is -0.579. The molecule has 1 aromatic heterocycles. The van der Waals surface area contributed by atoms with Crippen LogP contribution in [0.25, 0.3) is 0 Å². The molecule has 1 fully saturated rings. The van der Waals surface area contributed by atoms with Gasteiger partial charge in [-0.25, -0.2) is 0 Å². The Morgan fingerprint density at radius 1 is 1.33 bits per heavy atom. The Bertz CT molecular complexity index is 433. The van der Waals surface area contributed by atoms with Crippen molar-refractivity contribution in [1.29, 1.82) is 0 Å². The van der Waals surface area contributed by atoms with Gasteiger partial charge in [-0.15, -0.1) is 10.2 Å². The van der Waals surface area contributed by atoms with E-state index in [1.165, 1.54) is 6.42 Å². The number of carbonyl (C=O) groups excluding carboxylic acids is 1. The standard InChI is InChI=1S/C13H21N3O2/c1-4-18-12(17)13(8-6-5-7-9-13)11-15-14-10(2)16(11)3/h4-9H2,1-3H3. The molecule has 100 valence electrons. The first-order chi connectivity index (χ1) is 8.62. The molecule has 0 aliphatic heterocycles. The van der Waals surface area contributed by atoms with Gasteiger partial charge >= 0.3 is 5.97 Å². The van der Waals surface area contributed by atoms with E-state index in [1.54, 1.807) is 0 Å². The van der Waals surface area contributed by atoms with Gasteiger partial charge in [-0.3, -0.25) is 4.79 Å². The third-order valence-corrected chi connectivity index (χ3v) is 3.89. The molecule has 5 nitrogen and oxygen atoms in total. The molecule has 0 aromatic carbocycles. The number of aryl methyl sites for hydroxylation is 1. The van der Waals surface area contributed by atoms with Crippen LogP contribution in [0.5, 0.6) is 0 Å². The molecule has 5 heteroatoms. The molecule has 0 radical (unpaired) electrons. The predicted octanol–water partition coefficient (Wildman–Crippen LogP) is 1.89. The first-order valence-corrected chi connectivity index (χ1v) is 6.65. The van der Waals surface area contributed by atoms with E-state index >= 15 is 0 Å². The van der Waals surface area contributed by atoms with Crippen molar-refractivity contribution >= 4 is 5.97 Å². The van der Waals surface area contributed by atoms with Crippen molar-refractivity contribution in [2.45, 2.75) is 51.4 Å². The molecule has 0 N–H and O–H groups in total. The SMILES string of the molecule is CCOC(=O)C1(c2nnc(C)n2C)CCCCC1. The van der Waals surface area contributed by atoms with Crippen LogP contribution >= 0.6 is 0 Å². The van der Waals surface area contributed by atoms with Gasteiger partial charge in [0.15, 0.2) is 0 Å². The van der Waals surface area contributed by atoms with Crippen LogP contribution in [0.2, 0.25) is 0 Å². The third kappa shape index (κ3) is 2.02. The maximum Gasteiger partial charge on any atom is 0.319 e.